The third kappa shape index (κ3) is 6.54. The minimum Gasteiger partial charge on any atom is -0.324 e. The van der Waals surface area contributed by atoms with Crippen LogP contribution in [0.25, 0.3) is 0 Å². The zero-order valence-electron chi connectivity index (χ0n) is 16.3. The summed E-state index contributed by atoms with van der Waals surface area (Å²) in [5.41, 5.74) is 5.37. The van der Waals surface area contributed by atoms with Crippen molar-refractivity contribution in [2.24, 2.45) is 0 Å². The average molecular weight is 530 g/mol. The van der Waals surface area contributed by atoms with E-state index in [0.717, 1.165) is 32.9 Å². The van der Waals surface area contributed by atoms with Crippen LogP contribution in [-0.4, -0.2) is 11.8 Å². The lowest BCUT2D eigenvalue weighted by Gasteiger charge is -2.13. The molecule has 154 valence electrons. The molecule has 0 heterocycles. The number of carbonyl (C=O) groups is 2. The highest BCUT2D eigenvalue weighted by Crippen LogP contribution is 2.22. The Morgan fingerprint density at radius 1 is 0.567 bits per heavy atom. The number of nitrogens with one attached hydrogen (secondary N) is 2. The minimum absolute atomic E-state index is 0.131. The van der Waals surface area contributed by atoms with Gasteiger partial charge in [0, 0.05) is 10.7 Å². The van der Waals surface area contributed by atoms with Crippen molar-refractivity contribution in [3.05, 3.63) is 95.1 Å². The van der Waals surface area contributed by atoms with E-state index in [0.29, 0.717) is 11.4 Å². The molecule has 4 nitrogen and oxygen atoms in total. The summed E-state index contributed by atoms with van der Waals surface area (Å²) in [6, 6.07) is 23.0. The third-order valence-electron chi connectivity index (χ3n) is 4.56. The lowest BCUT2D eigenvalue weighted by molar-refractivity contribution is -0.116. The first-order valence-corrected chi connectivity index (χ1v) is 11.8. The van der Waals surface area contributed by atoms with E-state index in [1.807, 2.05) is 60.7 Å². The van der Waals surface area contributed by atoms with Gasteiger partial charge >= 0.3 is 0 Å². The van der Waals surface area contributed by atoms with Gasteiger partial charge < -0.3 is 10.6 Å². The van der Waals surface area contributed by atoms with Gasteiger partial charge in [0.1, 0.15) is 0 Å². The van der Waals surface area contributed by atoms with Gasteiger partial charge in [-0.15, -0.1) is 0 Å². The van der Waals surface area contributed by atoms with Crippen molar-refractivity contribution >= 4 is 55.0 Å². The molecule has 0 aromatic heterocycles. The molecular formula is C24H22Br2N2O2. The van der Waals surface area contributed by atoms with E-state index in [4.69, 9.17) is 0 Å². The van der Waals surface area contributed by atoms with Gasteiger partial charge in [0.15, 0.2) is 0 Å². The topological polar surface area (TPSA) is 58.2 Å². The van der Waals surface area contributed by atoms with Crippen LogP contribution in [0.5, 0.6) is 0 Å². The van der Waals surface area contributed by atoms with Gasteiger partial charge in [-0.1, -0.05) is 92.5 Å². The van der Waals surface area contributed by atoms with E-state index in [2.05, 4.69) is 42.5 Å². The molecule has 6 heteroatoms. The Morgan fingerprint density at radius 2 is 0.900 bits per heavy atom. The van der Waals surface area contributed by atoms with Crippen molar-refractivity contribution < 1.29 is 9.59 Å². The number of hydrogen-bond acceptors (Lipinski definition) is 2. The second-order valence-electron chi connectivity index (χ2n) is 6.90. The van der Waals surface area contributed by atoms with Crippen molar-refractivity contribution in [1.82, 2.24) is 0 Å². The Kier molecular flexibility index (Phi) is 8.22. The molecule has 0 saturated heterocycles. The molecule has 30 heavy (non-hydrogen) atoms. The fraction of sp³-hybridized carbons (Fsp3) is 0.167. The average Bonchev–Trinajstić information content (AvgIpc) is 2.76. The van der Waals surface area contributed by atoms with Crippen molar-refractivity contribution in [2.75, 3.05) is 10.6 Å². The van der Waals surface area contributed by atoms with Gasteiger partial charge in [-0.2, -0.15) is 0 Å². The second kappa shape index (κ2) is 11.1. The largest absolute Gasteiger partial charge is 0.324 e. The molecule has 0 spiro atoms. The Hall–Kier alpha value is -2.44. The molecule has 0 aliphatic carbocycles. The highest BCUT2D eigenvalue weighted by molar-refractivity contribution is 9.08. The number of carbonyl (C=O) groups excluding carboxylic acids is 2. The highest BCUT2D eigenvalue weighted by atomic mass is 79.9. The number of para-hydroxylation sites is 2. The number of halogens is 2. The minimum atomic E-state index is -0.131. The maximum absolute atomic E-state index is 12.5. The van der Waals surface area contributed by atoms with Gasteiger partial charge in [-0.05, 0) is 34.4 Å². The van der Waals surface area contributed by atoms with Crippen LogP contribution in [0.4, 0.5) is 11.4 Å². The molecule has 3 rings (SSSR count). The van der Waals surface area contributed by atoms with Gasteiger partial charge in [-0.3, -0.25) is 9.59 Å². The Morgan fingerprint density at radius 3 is 1.23 bits per heavy atom. The molecule has 3 aromatic carbocycles. The fourth-order valence-electron chi connectivity index (χ4n) is 2.95. The van der Waals surface area contributed by atoms with Gasteiger partial charge in [0.05, 0.1) is 24.2 Å². The number of alkyl halides is 2. The summed E-state index contributed by atoms with van der Waals surface area (Å²) in [5, 5.41) is 7.38. The van der Waals surface area contributed by atoms with Crippen molar-refractivity contribution in [1.29, 1.82) is 0 Å². The molecule has 0 aliphatic rings. The van der Waals surface area contributed by atoms with E-state index in [1.165, 1.54) is 0 Å². The molecule has 0 radical (unpaired) electrons. The summed E-state index contributed by atoms with van der Waals surface area (Å²) < 4.78 is 0. The first-order chi connectivity index (χ1) is 14.6. The fourth-order valence-corrected chi connectivity index (χ4v) is 3.70. The predicted molar refractivity (Wildman–Crippen MR) is 129 cm³/mol. The Bertz CT molecular complexity index is 920. The normalized spacial score (nSPS) is 10.5. The first-order valence-electron chi connectivity index (χ1n) is 9.53. The van der Waals surface area contributed by atoms with Crippen LogP contribution in [-0.2, 0) is 33.1 Å². The van der Waals surface area contributed by atoms with Gasteiger partial charge in [-0.25, -0.2) is 0 Å². The van der Waals surface area contributed by atoms with Crippen LogP contribution in [0.3, 0.4) is 0 Å². The second-order valence-corrected chi connectivity index (χ2v) is 8.02. The van der Waals surface area contributed by atoms with Crippen LogP contribution in [0.1, 0.15) is 22.3 Å². The van der Waals surface area contributed by atoms with Crippen LogP contribution in [0.2, 0.25) is 0 Å². The van der Waals surface area contributed by atoms with E-state index in [9.17, 15) is 9.59 Å². The number of amides is 2. The summed E-state index contributed by atoms with van der Waals surface area (Å²) in [6.45, 7) is 0. The maximum atomic E-state index is 12.5. The maximum Gasteiger partial charge on any atom is 0.228 e. The van der Waals surface area contributed by atoms with Crippen LogP contribution >= 0.6 is 31.9 Å². The van der Waals surface area contributed by atoms with Gasteiger partial charge in [0.25, 0.3) is 0 Å². The van der Waals surface area contributed by atoms with Crippen LogP contribution in [0, 0.1) is 0 Å². The molecular weight excluding hydrogens is 508 g/mol. The van der Waals surface area contributed by atoms with Crippen molar-refractivity contribution in [3.8, 4) is 0 Å². The Labute approximate surface area is 193 Å². The summed E-state index contributed by atoms with van der Waals surface area (Å²) in [6.07, 6.45) is 0.537. The van der Waals surface area contributed by atoms with E-state index in [1.54, 1.807) is 12.1 Å². The van der Waals surface area contributed by atoms with E-state index >= 15 is 0 Å². The molecule has 2 amide bonds. The van der Waals surface area contributed by atoms with Crippen molar-refractivity contribution in [2.45, 2.75) is 23.5 Å². The summed E-state index contributed by atoms with van der Waals surface area (Å²) >= 11 is 6.83. The molecule has 0 aliphatic heterocycles. The zero-order valence-corrected chi connectivity index (χ0v) is 19.5. The molecule has 0 bridgehead atoms. The van der Waals surface area contributed by atoms with Crippen LogP contribution < -0.4 is 10.6 Å². The number of rotatable bonds is 8. The molecule has 0 saturated carbocycles. The smallest absolute Gasteiger partial charge is 0.228 e. The molecule has 0 fully saturated rings. The van der Waals surface area contributed by atoms with E-state index < -0.39 is 0 Å². The summed E-state index contributed by atoms with van der Waals surface area (Å²) in [7, 11) is 0. The lowest BCUT2D eigenvalue weighted by Crippen LogP contribution is -2.19. The third-order valence-corrected chi connectivity index (χ3v) is 5.85. The van der Waals surface area contributed by atoms with Gasteiger partial charge in [0.2, 0.25) is 11.8 Å². The van der Waals surface area contributed by atoms with Crippen LogP contribution in [0.15, 0.2) is 72.8 Å². The quantitative estimate of drug-likeness (QED) is 0.360. The van der Waals surface area contributed by atoms with E-state index in [-0.39, 0.29) is 24.7 Å². The molecule has 0 unspecified atom stereocenters. The first kappa shape index (κ1) is 22.2. The summed E-state index contributed by atoms with van der Waals surface area (Å²) in [5.74, 6) is -0.262. The Balaban J connectivity index is 1.61. The SMILES string of the molecule is O=C(Cc1ccc(CBr)cc1)Nc1ccccc1NC(=O)Cc1ccc(CBr)cc1. The van der Waals surface area contributed by atoms with Crippen molar-refractivity contribution in [3.63, 3.8) is 0 Å². The lowest BCUT2D eigenvalue weighted by atomic mass is 10.1. The molecule has 3 aromatic rings. The molecule has 0 atom stereocenters. The zero-order chi connectivity index (χ0) is 21.3. The molecule has 2 N–H and O–H groups in total. The number of anilines is 2. The highest BCUT2D eigenvalue weighted by Gasteiger charge is 2.11. The monoisotopic (exact) mass is 528 g/mol. The standard InChI is InChI=1S/C24H22Br2N2O2/c25-15-19-9-5-17(6-10-19)13-23(29)27-21-3-1-2-4-22(21)28-24(30)14-18-7-11-20(16-26)12-8-18/h1-12H,13-16H2,(H,27,29)(H,28,30). The number of benzene rings is 3. The number of hydrogen-bond donors (Lipinski definition) is 2. The predicted octanol–water partition coefficient (Wildman–Crippen LogP) is 5.84. The summed E-state index contributed by atoms with van der Waals surface area (Å²) in [4.78, 5) is 25.0.